The number of unbranched alkanes of at least 4 members (excludes halogenated alkanes) is 2. The summed E-state index contributed by atoms with van der Waals surface area (Å²) in [6, 6.07) is 6.10. The number of hydrogen-bond acceptors (Lipinski definition) is 5. The molecule has 8 heteroatoms. The van der Waals surface area contributed by atoms with E-state index in [0.717, 1.165) is 49.1 Å². The van der Waals surface area contributed by atoms with E-state index in [9.17, 15) is 8.42 Å². The second-order valence-corrected chi connectivity index (χ2v) is 7.93. The first-order chi connectivity index (χ1) is 12.6. The molecule has 0 saturated carbocycles. The molecular formula is C18H25N3O4S. The maximum atomic E-state index is 11.5. The maximum absolute atomic E-state index is 11.5. The molecule has 0 spiro atoms. The number of nitrogens with zero attached hydrogens (tertiary/aromatic N) is 3. The van der Waals surface area contributed by atoms with Crippen LogP contribution in [-0.2, 0) is 21.5 Å². The van der Waals surface area contributed by atoms with E-state index in [-0.39, 0.29) is 0 Å². The second-order valence-electron chi connectivity index (χ2n) is 6.31. The first kappa shape index (κ1) is 18.8. The third-order valence-electron chi connectivity index (χ3n) is 4.46. The first-order valence-electron chi connectivity index (χ1n) is 9.09. The van der Waals surface area contributed by atoms with Crippen LogP contribution < -0.4 is 4.74 Å². The van der Waals surface area contributed by atoms with Gasteiger partial charge in [0, 0.05) is 18.3 Å². The Hall–Kier alpha value is -1.93. The third kappa shape index (κ3) is 4.62. The van der Waals surface area contributed by atoms with Crippen molar-refractivity contribution in [2.45, 2.75) is 39.0 Å². The van der Waals surface area contributed by atoms with Gasteiger partial charge in [-0.3, -0.25) is 0 Å². The Labute approximate surface area is 154 Å². The zero-order chi connectivity index (χ0) is 18.4. The highest BCUT2D eigenvalue weighted by molar-refractivity contribution is 7.88. The molecule has 0 bridgehead atoms. The Morgan fingerprint density at radius 1 is 1.23 bits per heavy atom. The minimum atomic E-state index is -3.39. The van der Waals surface area contributed by atoms with Crippen molar-refractivity contribution in [2.75, 3.05) is 26.3 Å². The van der Waals surface area contributed by atoms with Crippen molar-refractivity contribution in [1.29, 1.82) is 0 Å². The Kier molecular flexibility index (Phi) is 6.26. The van der Waals surface area contributed by atoms with E-state index in [4.69, 9.17) is 9.57 Å². The van der Waals surface area contributed by atoms with Gasteiger partial charge in [0.25, 0.3) is 0 Å². The van der Waals surface area contributed by atoms with Gasteiger partial charge in [0.2, 0.25) is 0 Å². The van der Waals surface area contributed by atoms with Crippen molar-refractivity contribution in [2.24, 2.45) is 9.55 Å². The summed E-state index contributed by atoms with van der Waals surface area (Å²) in [4.78, 5) is 5.16. The predicted octanol–water partition coefficient (Wildman–Crippen LogP) is 2.55. The van der Waals surface area contributed by atoms with Crippen LogP contribution in [0.4, 0.5) is 0 Å². The molecule has 1 aromatic rings. The molecular weight excluding hydrogens is 354 g/mol. The van der Waals surface area contributed by atoms with Crippen molar-refractivity contribution < 1.29 is 18.0 Å². The summed E-state index contributed by atoms with van der Waals surface area (Å²) in [5, 5.41) is 4.17. The molecule has 0 amide bonds. The van der Waals surface area contributed by atoms with E-state index >= 15 is 0 Å². The molecule has 0 radical (unpaired) electrons. The van der Waals surface area contributed by atoms with Crippen molar-refractivity contribution >= 4 is 22.1 Å². The molecule has 1 aliphatic heterocycles. The second kappa shape index (κ2) is 8.64. The summed E-state index contributed by atoms with van der Waals surface area (Å²) in [5.74, 6) is 0.872. The van der Waals surface area contributed by atoms with Gasteiger partial charge in [0.15, 0.2) is 0 Å². The fraction of sp³-hybridized carbons (Fsp3) is 0.556. The number of ether oxygens (including phenoxy) is 1. The lowest BCUT2D eigenvalue weighted by Crippen LogP contribution is -2.26. The summed E-state index contributed by atoms with van der Waals surface area (Å²) in [7, 11) is -3.39. The van der Waals surface area contributed by atoms with Crippen LogP contribution in [0.2, 0.25) is 0 Å². The lowest BCUT2D eigenvalue weighted by molar-refractivity contribution is 0.158. The molecule has 3 rings (SSSR count). The van der Waals surface area contributed by atoms with Crippen molar-refractivity contribution in [3.05, 3.63) is 29.3 Å². The van der Waals surface area contributed by atoms with Gasteiger partial charge in [-0.05, 0) is 62.8 Å². The lowest BCUT2D eigenvalue weighted by Gasteiger charge is -2.12. The predicted molar refractivity (Wildman–Crippen MR) is 101 cm³/mol. The van der Waals surface area contributed by atoms with Gasteiger partial charge in [0.1, 0.15) is 12.4 Å². The van der Waals surface area contributed by atoms with Gasteiger partial charge in [-0.15, -0.1) is 0 Å². The van der Waals surface area contributed by atoms with Crippen molar-refractivity contribution in [3.8, 4) is 5.75 Å². The van der Waals surface area contributed by atoms with Gasteiger partial charge >= 0.3 is 10.2 Å². The quantitative estimate of drug-likeness (QED) is 0.488. The minimum absolute atomic E-state index is 0.391. The topological polar surface area (TPSA) is 80.6 Å². The molecule has 1 aromatic carbocycles. The maximum Gasteiger partial charge on any atom is 0.322 e. The lowest BCUT2D eigenvalue weighted by atomic mass is 10.1. The largest absolute Gasteiger partial charge is 0.494 e. The Morgan fingerprint density at radius 2 is 2.12 bits per heavy atom. The molecule has 0 fully saturated rings. The van der Waals surface area contributed by atoms with Crippen LogP contribution >= 0.6 is 0 Å². The number of rotatable bonds is 9. The molecule has 7 nitrogen and oxygen atoms in total. The fourth-order valence-electron chi connectivity index (χ4n) is 3.12. The molecule has 0 atom stereocenters. The smallest absolute Gasteiger partial charge is 0.322 e. The average molecular weight is 379 g/mol. The summed E-state index contributed by atoms with van der Waals surface area (Å²) >= 11 is 0. The average Bonchev–Trinajstić information content (AvgIpc) is 3.18. The monoisotopic (exact) mass is 379 g/mol. The Morgan fingerprint density at radius 3 is 2.88 bits per heavy atom. The van der Waals surface area contributed by atoms with Crippen molar-refractivity contribution in [3.63, 3.8) is 0 Å². The summed E-state index contributed by atoms with van der Waals surface area (Å²) in [6.45, 7) is 4.04. The number of fused-ring (bicyclic) bond motifs is 1. The molecule has 142 valence electrons. The molecule has 0 unspecified atom stereocenters. The molecule has 2 aliphatic rings. The minimum Gasteiger partial charge on any atom is -0.494 e. The highest BCUT2D eigenvalue weighted by Gasteiger charge is 2.23. The van der Waals surface area contributed by atoms with Crippen LogP contribution in [0.25, 0.3) is 0 Å². The molecule has 0 aromatic heterocycles. The number of hydrogen-bond donors (Lipinski definition) is 0. The molecule has 1 heterocycles. The van der Waals surface area contributed by atoms with E-state index in [0.29, 0.717) is 26.3 Å². The standard InChI is InChI=1S/C18H25N3O4S/c1-2-25-20-18-9-6-15-14-16(7-8-17(15)18)24-13-5-3-4-11-21-12-10-19-26(21,22)23/h7-8,10,14H,2-6,9,11-13H2,1H3/b20-18+. The van der Waals surface area contributed by atoms with Crippen molar-refractivity contribution in [1.82, 2.24) is 4.31 Å². The molecule has 26 heavy (non-hydrogen) atoms. The summed E-state index contributed by atoms with van der Waals surface area (Å²) in [6.07, 6.45) is 5.93. The van der Waals surface area contributed by atoms with E-state index in [1.807, 2.05) is 19.1 Å². The number of oxime groups is 1. The SMILES string of the molecule is CCO/N=C1\CCc2cc(OCCCCCN3CC=NS3(=O)=O)ccc21. The van der Waals surface area contributed by atoms with E-state index in [1.54, 1.807) is 0 Å². The van der Waals surface area contributed by atoms with Gasteiger partial charge in [-0.2, -0.15) is 17.1 Å². The van der Waals surface area contributed by atoms with Crippen LogP contribution in [0, 0.1) is 0 Å². The van der Waals surface area contributed by atoms with Crippen LogP contribution in [0.5, 0.6) is 5.75 Å². The van der Waals surface area contributed by atoms with Gasteiger partial charge in [0.05, 0.1) is 18.9 Å². The summed E-state index contributed by atoms with van der Waals surface area (Å²) in [5.41, 5.74) is 3.41. The highest BCUT2D eigenvalue weighted by atomic mass is 32.2. The van der Waals surface area contributed by atoms with Crippen LogP contribution in [0.15, 0.2) is 27.8 Å². The molecule has 0 N–H and O–H groups in total. The third-order valence-corrected chi connectivity index (χ3v) is 5.86. The number of aryl methyl sites for hydroxylation is 1. The van der Waals surface area contributed by atoms with Crippen LogP contribution in [-0.4, -0.2) is 51.0 Å². The van der Waals surface area contributed by atoms with Crippen LogP contribution in [0.1, 0.15) is 43.7 Å². The normalized spacial score (nSPS) is 19.8. The van der Waals surface area contributed by atoms with E-state index in [1.165, 1.54) is 16.1 Å². The fourth-order valence-corrected chi connectivity index (χ4v) is 4.12. The molecule has 0 saturated heterocycles. The zero-order valence-corrected chi connectivity index (χ0v) is 15.9. The van der Waals surface area contributed by atoms with E-state index < -0.39 is 10.2 Å². The summed E-state index contributed by atoms with van der Waals surface area (Å²) < 4.78 is 33.8. The first-order valence-corrected chi connectivity index (χ1v) is 10.5. The molecule has 1 aliphatic carbocycles. The Bertz CT molecular complexity index is 790. The van der Waals surface area contributed by atoms with Crippen LogP contribution in [0.3, 0.4) is 0 Å². The zero-order valence-electron chi connectivity index (χ0n) is 15.1. The Balaban J connectivity index is 1.38. The van der Waals surface area contributed by atoms with Gasteiger partial charge in [-0.25, -0.2) is 0 Å². The van der Waals surface area contributed by atoms with Gasteiger partial charge < -0.3 is 9.57 Å². The van der Waals surface area contributed by atoms with Gasteiger partial charge in [-0.1, -0.05) is 5.16 Å². The van der Waals surface area contributed by atoms with E-state index in [2.05, 4.69) is 15.6 Å². The number of benzene rings is 1. The highest BCUT2D eigenvalue weighted by Crippen LogP contribution is 2.27.